The molecule has 0 radical (unpaired) electrons. The highest BCUT2D eigenvalue weighted by molar-refractivity contribution is 7.89. The Balaban J connectivity index is 0.00000118. The molecule has 9 nitrogen and oxygen atoms in total. The second-order valence-corrected chi connectivity index (χ2v) is 11.2. The zero-order valence-corrected chi connectivity index (χ0v) is 23.6. The maximum absolute atomic E-state index is 13.0. The number of rotatable bonds is 9. The highest BCUT2D eigenvalue weighted by atomic mass is 32.2. The minimum Gasteiger partial charge on any atom is -0.483 e. The summed E-state index contributed by atoms with van der Waals surface area (Å²) in [5, 5.41) is 2.78. The van der Waals surface area contributed by atoms with E-state index in [2.05, 4.69) is 10.0 Å². The van der Waals surface area contributed by atoms with Crippen LogP contribution in [0.3, 0.4) is 0 Å². The monoisotopic (exact) mass is 542 g/mol. The number of nitrogens with two attached hydrogens (primary N) is 1. The number of aromatic nitrogens is 1. The van der Waals surface area contributed by atoms with E-state index in [9.17, 15) is 18.0 Å². The third-order valence-electron chi connectivity index (χ3n) is 5.19. The van der Waals surface area contributed by atoms with Gasteiger partial charge in [0.25, 0.3) is 5.91 Å². The van der Waals surface area contributed by atoms with E-state index in [1.165, 1.54) is 16.7 Å². The molecule has 2 aromatic carbocycles. The van der Waals surface area contributed by atoms with E-state index in [0.717, 1.165) is 5.56 Å². The van der Waals surface area contributed by atoms with E-state index in [0.29, 0.717) is 17.3 Å². The molecule has 206 valence electrons. The first kappa shape index (κ1) is 30.8. The number of nitrogens with one attached hydrogen (secondary N) is 2. The molecule has 10 heteroatoms. The summed E-state index contributed by atoms with van der Waals surface area (Å²) in [6.45, 7) is 9.14. The summed E-state index contributed by atoms with van der Waals surface area (Å²) in [6, 6.07) is 17.4. The molecule has 3 aromatic rings. The number of carbonyl (C=O) groups excluding carboxylic acids is 1. The van der Waals surface area contributed by atoms with Gasteiger partial charge in [-0.15, -0.1) is 0 Å². The average molecular weight is 543 g/mol. The standard InChI is InChI=1S/C25H29N3O5S.C3H9N/c1-17(2)27-25(30)23-24(33-16-19-11-6-5-7-12-19)21(29)14-20(28(23)4)15-26-34(31,32)22-13-9-8-10-18(22)3;1-3(2)4/h5-14,17,26H,15-16H2,1-4H3,(H,27,30);3H,4H2,1-2H3. The van der Waals surface area contributed by atoms with Gasteiger partial charge in [-0.3, -0.25) is 9.59 Å². The van der Waals surface area contributed by atoms with Crippen molar-refractivity contribution >= 4 is 15.9 Å². The second-order valence-electron chi connectivity index (χ2n) is 9.47. The number of hydrogen-bond acceptors (Lipinski definition) is 6. The quantitative estimate of drug-likeness (QED) is 0.380. The zero-order valence-electron chi connectivity index (χ0n) is 22.8. The van der Waals surface area contributed by atoms with Gasteiger partial charge in [0.15, 0.2) is 11.4 Å². The van der Waals surface area contributed by atoms with E-state index < -0.39 is 21.4 Å². The van der Waals surface area contributed by atoms with Crippen LogP contribution in [0.4, 0.5) is 0 Å². The Hall–Kier alpha value is -3.47. The van der Waals surface area contributed by atoms with Crippen LogP contribution in [0.2, 0.25) is 0 Å². The Kier molecular flexibility index (Phi) is 11.2. The predicted octanol–water partition coefficient (Wildman–Crippen LogP) is 3.24. The summed E-state index contributed by atoms with van der Waals surface area (Å²) >= 11 is 0. The van der Waals surface area contributed by atoms with Crippen molar-refractivity contribution in [2.75, 3.05) is 0 Å². The molecular weight excluding hydrogens is 504 g/mol. The molecule has 0 unspecified atom stereocenters. The number of amides is 1. The van der Waals surface area contributed by atoms with Crippen molar-refractivity contribution in [3.8, 4) is 5.75 Å². The molecule has 0 bridgehead atoms. The molecule has 1 aromatic heterocycles. The van der Waals surface area contributed by atoms with E-state index in [-0.39, 0.29) is 35.5 Å². The van der Waals surface area contributed by atoms with Gasteiger partial charge in [0, 0.05) is 24.8 Å². The van der Waals surface area contributed by atoms with Gasteiger partial charge >= 0.3 is 0 Å². The number of aryl methyl sites for hydroxylation is 1. The van der Waals surface area contributed by atoms with Crippen molar-refractivity contribution in [3.63, 3.8) is 0 Å². The lowest BCUT2D eigenvalue weighted by Crippen LogP contribution is -2.35. The largest absolute Gasteiger partial charge is 0.483 e. The molecule has 38 heavy (non-hydrogen) atoms. The first-order valence-electron chi connectivity index (χ1n) is 12.3. The Labute approximate surface area is 225 Å². The zero-order chi connectivity index (χ0) is 28.5. The highest BCUT2D eigenvalue weighted by Crippen LogP contribution is 2.19. The molecule has 0 atom stereocenters. The summed E-state index contributed by atoms with van der Waals surface area (Å²) in [7, 11) is -2.23. The number of sulfonamides is 1. The van der Waals surface area contributed by atoms with Crippen LogP contribution >= 0.6 is 0 Å². The molecule has 0 aliphatic heterocycles. The third kappa shape index (κ3) is 8.83. The highest BCUT2D eigenvalue weighted by Gasteiger charge is 2.23. The van der Waals surface area contributed by atoms with Crippen LogP contribution in [-0.2, 0) is 30.2 Å². The lowest BCUT2D eigenvalue weighted by molar-refractivity contribution is 0.0927. The number of ether oxygens (including phenoxy) is 1. The van der Waals surface area contributed by atoms with Crippen molar-refractivity contribution in [1.29, 1.82) is 0 Å². The van der Waals surface area contributed by atoms with Gasteiger partial charge in [-0.25, -0.2) is 13.1 Å². The molecule has 1 heterocycles. The molecule has 0 fully saturated rings. The van der Waals surface area contributed by atoms with Gasteiger partial charge in [0.2, 0.25) is 15.5 Å². The average Bonchev–Trinajstić information content (AvgIpc) is 2.83. The van der Waals surface area contributed by atoms with Gasteiger partial charge in [0.05, 0.1) is 11.4 Å². The number of benzene rings is 2. The first-order valence-corrected chi connectivity index (χ1v) is 13.8. The van der Waals surface area contributed by atoms with Crippen LogP contribution in [0.25, 0.3) is 0 Å². The van der Waals surface area contributed by atoms with Crippen LogP contribution in [0.1, 0.15) is 55.0 Å². The van der Waals surface area contributed by atoms with Gasteiger partial charge < -0.3 is 20.4 Å². The molecule has 0 aliphatic rings. The molecule has 4 N–H and O–H groups in total. The van der Waals surface area contributed by atoms with Crippen LogP contribution in [0, 0.1) is 6.92 Å². The van der Waals surface area contributed by atoms with Crippen LogP contribution in [0.15, 0.2) is 70.4 Å². The van der Waals surface area contributed by atoms with Crippen LogP contribution in [0.5, 0.6) is 5.75 Å². The van der Waals surface area contributed by atoms with Crippen molar-refractivity contribution in [2.45, 2.75) is 64.7 Å². The summed E-state index contributed by atoms with van der Waals surface area (Å²) in [4.78, 5) is 26.1. The Bertz CT molecular complexity index is 1380. The van der Waals surface area contributed by atoms with Crippen molar-refractivity contribution in [2.24, 2.45) is 12.8 Å². The topological polar surface area (TPSA) is 133 Å². The SMILES string of the molecule is CC(C)N.Cc1ccccc1S(=O)(=O)NCc1cc(=O)c(OCc2ccccc2)c(C(=O)NC(C)C)n1C. The summed E-state index contributed by atoms with van der Waals surface area (Å²) in [5.41, 5.74) is 6.40. The van der Waals surface area contributed by atoms with Crippen LogP contribution in [-0.4, -0.2) is 31.0 Å². The van der Waals surface area contributed by atoms with E-state index in [1.54, 1.807) is 46.0 Å². The van der Waals surface area contributed by atoms with Crippen LogP contribution < -0.4 is 25.9 Å². The maximum Gasteiger partial charge on any atom is 0.272 e. The Morgan fingerprint density at radius 1 is 1.03 bits per heavy atom. The predicted molar refractivity (Wildman–Crippen MR) is 150 cm³/mol. The fourth-order valence-electron chi connectivity index (χ4n) is 3.46. The maximum atomic E-state index is 13.0. The smallest absolute Gasteiger partial charge is 0.272 e. The third-order valence-corrected chi connectivity index (χ3v) is 6.75. The number of pyridine rings is 1. The van der Waals surface area contributed by atoms with Crippen molar-refractivity contribution in [3.05, 3.63) is 93.4 Å². The first-order chi connectivity index (χ1) is 17.8. The molecule has 3 rings (SSSR count). The van der Waals surface area contributed by atoms with Gasteiger partial charge in [-0.2, -0.15) is 0 Å². The molecule has 0 spiro atoms. The van der Waals surface area contributed by atoms with Crippen molar-refractivity contribution < 1.29 is 17.9 Å². The number of nitrogens with zero attached hydrogens (tertiary/aromatic N) is 1. The summed E-state index contributed by atoms with van der Waals surface area (Å²) in [6.07, 6.45) is 0. The van der Waals surface area contributed by atoms with Gasteiger partial charge in [-0.1, -0.05) is 62.4 Å². The van der Waals surface area contributed by atoms with E-state index >= 15 is 0 Å². The lowest BCUT2D eigenvalue weighted by atomic mass is 10.2. The fourth-order valence-corrected chi connectivity index (χ4v) is 4.70. The second kappa shape index (κ2) is 13.9. The lowest BCUT2D eigenvalue weighted by Gasteiger charge is -2.19. The minimum absolute atomic E-state index is 0.0298. The molecule has 1 amide bonds. The molecule has 0 aliphatic carbocycles. The van der Waals surface area contributed by atoms with Gasteiger partial charge in [0.1, 0.15) is 6.61 Å². The number of hydrogen-bond donors (Lipinski definition) is 3. The van der Waals surface area contributed by atoms with Gasteiger partial charge in [-0.05, 0) is 44.0 Å². The minimum atomic E-state index is -3.82. The summed E-state index contributed by atoms with van der Waals surface area (Å²) < 4.78 is 35.4. The molecule has 0 saturated heterocycles. The Morgan fingerprint density at radius 2 is 1.61 bits per heavy atom. The number of carbonyl (C=O) groups is 1. The molecular formula is C28H38N4O5S. The summed E-state index contributed by atoms with van der Waals surface area (Å²) in [5.74, 6) is -0.573. The fraction of sp³-hybridized carbons (Fsp3) is 0.357. The van der Waals surface area contributed by atoms with E-state index in [1.807, 2.05) is 44.2 Å². The Morgan fingerprint density at radius 3 is 2.18 bits per heavy atom. The normalized spacial score (nSPS) is 11.2. The van der Waals surface area contributed by atoms with E-state index in [4.69, 9.17) is 10.5 Å². The molecule has 0 saturated carbocycles. The van der Waals surface area contributed by atoms with Crippen molar-refractivity contribution in [1.82, 2.24) is 14.6 Å².